The van der Waals surface area contributed by atoms with Crippen LogP contribution in [0.1, 0.15) is 31.2 Å². The topological polar surface area (TPSA) is 27.7 Å². The zero-order chi connectivity index (χ0) is 21.6. The van der Waals surface area contributed by atoms with Crippen LogP contribution < -0.4 is 9.47 Å². The van der Waals surface area contributed by atoms with E-state index in [9.17, 15) is 0 Å². The van der Waals surface area contributed by atoms with Crippen molar-refractivity contribution >= 4 is 69.7 Å². The molecule has 3 nitrogen and oxygen atoms in total. The molecule has 5 rings (SSSR count). The van der Waals surface area contributed by atoms with E-state index < -0.39 is 0 Å². The van der Waals surface area contributed by atoms with Crippen molar-refractivity contribution in [1.82, 2.24) is 0 Å². The number of aryl methyl sites for hydroxylation is 1. The van der Waals surface area contributed by atoms with E-state index in [1.54, 1.807) is 11.3 Å². The number of fused-ring (bicyclic) bond motifs is 1. The summed E-state index contributed by atoms with van der Waals surface area (Å²) < 4.78 is 20.3. The van der Waals surface area contributed by atoms with Gasteiger partial charge in [-0.3, -0.25) is 0 Å². The highest BCUT2D eigenvalue weighted by atomic mass is 32.2. The minimum atomic E-state index is 0.642. The highest BCUT2D eigenvalue weighted by Crippen LogP contribution is 2.53. The Balaban J connectivity index is 0.979. The normalized spacial score (nSPS) is 17.4. The average Bonchev–Trinajstić information content (AvgIpc) is 3.61. The Morgan fingerprint density at radius 1 is 0.875 bits per heavy atom. The van der Waals surface area contributed by atoms with Gasteiger partial charge in [0.25, 0.3) is 0 Å². The van der Waals surface area contributed by atoms with Gasteiger partial charge in [0, 0.05) is 16.9 Å². The van der Waals surface area contributed by atoms with Crippen molar-refractivity contribution in [2.75, 3.05) is 26.4 Å². The zero-order valence-electron chi connectivity index (χ0n) is 17.5. The van der Waals surface area contributed by atoms with Crippen LogP contribution in [0.4, 0.5) is 0 Å². The summed E-state index contributed by atoms with van der Waals surface area (Å²) in [4.78, 5) is 3.92. The monoisotopic (exact) mass is 540 g/mol. The molecule has 3 aliphatic heterocycles. The van der Waals surface area contributed by atoms with Gasteiger partial charge in [-0.25, -0.2) is 0 Å². The van der Waals surface area contributed by atoms with E-state index in [0.29, 0.717) is 13.2 Å². The molecule has 0 saturated heterocycles. The maximum absolute atomic E-state index is 5.92. The van der Waals surface area contributed by atoms with Crippen molar-refractivity contribution in [2.45, 2.75) is 32.1 Å². The minimum Gasteiger partial charge on any atom is -0.485 e. The second-order valence-corrected chi connectivity index (χ2v) is 13.5. The molecule has 0 fully saturated rings. The highest BCUT2D eigenvalue weighted by Gasteiger charge is 2.22. The molecule has 9 heteroatoms. The SMILES string of the molecule is C1=CSC(=C2SC=C(COCCCCCCc3ccsc3-c3scc4c3OCCO4)S2)S1. The van der Waals surface area contributed by atoms with Gasteiger partial charge in [-0.05, 0) is 52.5 Å². The quantitative estimate of drug-likeness (QED) is 0.278. The molecule has 0 amide bonds. The van der Waals surface area contributed by atoms with E-state index >= 15 is 0 Å². The summed E-state index contributed by atoms with van der Waals surface area (Å²) in [6, 6.07) is 2.27. The smallest absolute Gasteiger partial charge is 0.180 e. The van der Waals surface area contributed by atoms with Crippen molar-refractivity contribution in [2.24, 2.45) is 0 Å². The summed E-state index contributed by atoms with van der Waals surface area (Å²) >= 11 is 10.9. The third-order valence-corrected chi connectivity index (χ3v) is 12.2. The molecule has 0 aliphatic carbocycles. The Bertz CT molecular complexity index is 1010. The van der Waals surface area contributed by atoms with Crippen molar-refractivity contribution in [3.63, 3.8) is 0 Å². The van der Waals surface area contributed by atoms with Gasteiger partial charge in [-0.2, -0.15) is 0 Å². The third kappa shape index (κ3) is 5.79. The van der Waals surface area contributed by atoms with Crippen LogP contribution in [0.25, 0.3) is 9.75 Å². The maximum atomic E-state index is 5.92. The van der Waals surface area contributed by atoms with Crippen molar-refractivity contribution in [3.05, 3.63) is 52.0 Å². The number of thiophene rings is 2. The maximum Gasteiger partial charge on any atom is 0.180 e. The number of hydrogen-bond donors (Lipinski definition) is 0. The molecule has 32 heavy (non-hydrogen) atoms. The molecular weight excluding hydrogens is 517 g/mol. The molecular formula is C23H24O3S6. The fraction of sp³-hybridized carbons (Fsp3) is 0.391. The Kier molecular flexibility index (Phi) is 8.62. The molecule has 5 heterocycles. The zero-order valence-corrected chi connectivity index (χ0v) is 22.4. The third-order valence-electron chi connectivity index (χ3n) is 5.08. The molecule has 0 N–H and O–H groups in total. The first-order valence-corrected chi connectivity index (χ1v) is 15.9. The van der Waals surface area contributed by atoms with Gasteiger partial charge >= 0.3 is 0 Å². The van der Waals surface area contributed by atoms with E-state index in [1.165, 1.54) is 48.0 Å². The van der Waals surface area contributed by atoms with E-state index in [2.05, 4.69) is 33.1 Å². The van der Waals surface area contributed by atoms with Crippen molar-refractivity contribution in [3.8, 4) is 21.3 Å². The predicted molar refractivity (Wildman–Crippen MR) is 146 cm³/mol. The first-order valence-electron chi connectivity index (χ1n) is 10.7. The van der Waals surface area contributed by atoms with Crippen LogP contribution in [-0.2, 0) is 11.2 Å². The lowest BCUT2D eigenvalue weighted by molar-refractivity contribution is 0.155. The number of rotatable bonds is 10. The fourth-order valence-electron chi connectivity index (χ4n) is 3.54. The molecule has 0 bridgehead atoms. The first kappa shape index (κ1) is 23.3. The Labute approximate surface area is 214 Å². The standard InChI is InChI=1S/C23H24O3S6/c1(2-4-7-24-13-17-14-31-23(32-17)22-28-11-12-29-22)3-5-16-6-10-27-20(16)21-19-18(15-30-21)25-8-9-26-19/h6,10-12,14-15H,1-5,7-9,13H2. The van der Waals surface area contributed by atoms with E-state index in [1.807, 2.05) is 58.4 Å². The van der Waals surface area contributed by atoms with Crippen LogP contribution in [0.2, 0.25) is 0 Å². The Morgan fingerprint density at radius 2 is 1.75 bits per heavy atom. The second-order valence-electron chi connectivity index (χ2n) is 7.33. The molecule has 0 radical (unpaired) electrons. The van der Waals surface area contributed by atoms with Crippen LogP contribution in [0, 0.1) is 0 Å². The molecule has 0 unspecified atom stereocenters. The Hall–Kier alpha value is -0.420. The van der Waals surface area contributed by atoms with E-state index in [4.69, 9.17) is 14.2 Å². The first-order chi connectivity index (χ1) is 15.9. The summed E-state index contributed by atoms with van der Waals surface area (Å²) in [5.74, 6) is 1.85. The second kappa shape index (κ2) is 11.8. The van der Waals surface area contributed by atoms with Gasteiger partial charge in [0.1, 0.15) is 13.2 Å². The summed E-state index contributed by atoms with van der Waals surface area (Å²) in [6.45, 7) is 2.88. The van der Waals surface area contributed by atoms with E-state index in [0.717, 1.165) is 37.6 Å². The number of ether oxygens (including phenoxy) is 3. The van der Waals surface area contributed by atoms with Crippen LogP contribution in [-0.4, -0.2) is 26.4 Å². The van der Waals surface area contributed by atoms with Gasteiger partial charge < -0.3 is 14.2 Å². The van der Waals surface area contributed by atoms with Gasteiger partial charge in [-0.15, -0.1) is 22.7 Å². The largest absolute Gasteiger partial charge is 0.485 e. The fourth-order valence-corrected chi connectivity index (χ4v) is 10.0. The predicted octanol–water partition coefficient (Wildman–Crippen LogP) is 8.77. The summed E-state index contributed by atoms with van der Waals surface area (Å²) in [7, 11) is 0. The molecule has 2 aromatic heterocycles. The lowest BCUT2D eigenvalue weighted by Gasteiger charge is -2.16. The van der Waals surface area contributed by atoms with Gasteiger partial charge in [0.15, 0.2) is 11.5 Å². The average molecular weight is 541 g/mol. The lowest BCUT2D eigenvalue weighted by atomic mass is 10.1. The molecule has 0 atom stereocenters. The molecule has 0 saturated carbocycles. The molecule has 0 aromatic carbocycles. The van der Waals surface area contributed by atoms with Gasteiger partial charge in [0.05, 0.1) is 24.8 Å². The van der Waals surface area contributed by atoms with Crippen molar-refractivity contribution in [1.29, 1.82) is 0 Å². The number of hydrogen-bond acceptors (Lipinski definition) is 9. The molecule has 170 valence electrons. The number of unbranched alkanes of at least 4 members (excludes halogenated alkanes) is 3. The Morgan fingerprint density at radius 3 is 2.69 bits per heavy atom. The van der Waals surface area contributed by atoms with Crippen LogP contribution in [0.3, 0.4) is 0 Å². The van der Waals surface area contributed by atoms with Crippen LogP contribution in [0.15, 0.2) is 46.4 Å². The molecule has 3 aliphatic rings. The summed E-state index contributed by atoms with van der Waals surface area (Å²) in [5, 5.41) is 10.8. The van der Waals surface area contributed by atoms with Crippen molar-refractivity contribution < 1.29 is 14.2 Å². The highest BCUT2D eigenvalue weighted by molar-refractivity contribution is 8.33. The van der Waals surface area contributed by atoms with E-state index in [-0.39, 0.29) is 0 Å². The lowest BCUT2D eigenvalue weighted by Crippen LogP contribution is -2.14. The van der Waals surface area contributed by atoms with Crippen LogP contribution >= 0.6 is 69.7 Å². The van der Waals surface area contributed by atoms with Crippen LogP contribution in [0.5, 0.6) is 11.5 Å². The summed E-state index contributed by atoms with van der Waals surface area (Å²) in [6.07, 6.45) is 5.93. The molecule has 0 spiro atoms. The van der Waals surface area contributed by atoms with Gasteiger partial charge in [0.2, 0.25) is 0 Å². The van der Waals surface area contributed by atoms with Gasteiger partial charge in [-0.1, -0.05) is 59.9 Å². The molecule has 2 aromatic rings. The number of thioether (sulfide) groups is 4. The summed E-state index contributed by atoms with van der Waals surface area (Å²) in [5.41, 5.74) is 1.44. The minimum absolute atomic E-state index is 0.642.